The minimum absolute atomic E-state index is 0.0168. The first-order valence-corrected chi connectivity index (χ1v) is 6.15. The number of phenols is 1. The molecule has 1 aromatic carbocycles. The predicted octanol–water partition coefficient (Wildman–Crippen LogP) is 0.620. The van der Waals surface area contributed by atoms with Crippen molar-refractivity contribution in [3.05, 3.63) is 36.2 Å². The lowest BCUT2D eigenvalue weighted by atomic mass is 10.1. The van der Waals surface area contributed by atoms with Crippen molar-refractivity contribution in [1.82, 2.24) is 9.78 Å². The standard InChI is InChI=1S/C13H14N4O3/c14-13(19)6-17-5-8(4-15-17)16-11-7-20-12-3-9(18)1-2-10(11)12/h1-5,11,16,18H,6-7H2,(H2,14,19). The third-order valence-electron chi connectivity index (χ3n) is 3.07. The predicted molar refractivity (Wildman–Crippen MR) is 71.4 cm³/mol. The van der Waals surface area contributed by atoms with Crippen LogP contribution in [0.25, 0.3) is 0 Å². The highest BCUT2D eigenvalue weighted by Crippen LogP contribution is 2.36. The molecule has 1 unspecified atom stereocenters. The average molecular weight is 274 g/mol. The van der Waals surface area contributed by atoms with E-state index in [0.717, 1.165) is 11.3 Å². The molecule has 3 rings (SSSR count). The number of rotatable bonds is 4. The number of fused-ring (bicyclic) bond motifs is 1. The van der Waals surface area contributed by atoms with E-state index in [1.54, 1.807) is 24.5 Å². The van der Waals surface area contributed by atoms with Crippen LogP contribution in [-0.4, -0.2) is 27.4 Å². The van der Waals surface area contributed by atoms with Gasteiger partial charge in [-0.05, 0) is 12.1 Å². The van der Waals surface area contributed by atoms with E-state index in [2.05, 4.69) is 10.4 Å². The van der Waals surface area contributed by atoms with Gasteiger partial charge in [0.2, 0.25) is 5.91 Å². The first-order chi connectivity index (χ1) is 9.61. The van der Waals surface area contributed by atoms with Gasteiger partial charge < -0.3 is 20.9 Å². The van der Waals surface area contributed by atoms with E-state index in [-0.39, 0.29) is 18.3 Å². The molecule has 2 heterocycles. The summed E-state index contributed by atoms with van der Waals surface area (Å²) in [5, 5.41) is 16.7. The molecule has 7 nitrogen and oxygen atoms in total. The Hall–Kier alpha value is -2.70. The van der Waals surface area contributed by atoms with Crippen LogP contribution in [0.15, 0.2) is 30.6 Å². The molecule has 0 aliphatic carbocycles. The van der Waals surface area contributed by atoms with Crippen molar-refractivity contribution in [1.29, 1.82) is 0 Å². The number of phenolic OH excluding ortho intramolecular Hbond substituents is 1. The van der Waals surface area contributed by atoms with Crippen molar-refractivity contribution in [3.8, 4) is 11.5 Å². The summed E-state index contributed by atoms with van der Waals surface area (Å²) in [5.74, 6) is 0.412. The number of primary amides is 1. The van der Waals surface area contributed by atoms with Crippen LogP contribution < -0.4 is 15.8 Å². The third-order valence-corrected chi connectivity index (χ3v) is 3.07. The molecule has 1 aliphatic heterocycles. The number of aromatic nitrogens is 2. The van der Waals surface area contributed by atoms with Crippen LogP contribution in [0.2, 0.25) is 0 Å². The number of anilines is 1. The number of benzene rings is 1. The van der Waals surface area contributed by atoms with Gasteiger partial charge in [0.25, 0.3) is 0 Å². The molecule has 0 bridgehead atoms. The minimum atomic E-state index is -0.440. The van der Waals surface area contributed by atoms with Crippen LogP contribution in [0, 0.1) is 0 Å². The van der Waals surface area contributed by atoms with Gasteiger partial charge in [-0.1, -0.05) is 0 Å². The van der Waals surface area contributed by atoms with Crippen molar-refractivity contribution in [2.45, 2.75) is 12.6 Å². The normalized spacial score (nSPS) is 16.5. The third kappa shape index (κ3) is 2.37. The number of hydrogen-bond acceptors (Lipinski definition) is 5. The molecular formula is C13H14N4O3. The smallest absolute Gasteiger partial charge is 0.239 e. The number of nitrogens with zero attached hydrogens (tertiary/aromatic N) is 2. The fraction of sp³-hybridized carbons (Fsp3) is 0.231. The van der Waals surface area contributed by atoms with E-state index in [4.69, 9.17) is 10.5 Å². The van der Waals surface area contributed by atoms with Gasteiger partial charge in [0.1, 0.15) is 24.7 Å². The summed E-state index contributed by atoms with van der Waals surface area (Å²) in [6, 6.07) is 5.02. The molecule has 2 aromatic rings. The van der Waals surface area contributed by atoms with Gasteiger partial charge in [0.15, 0.2) is 0 Å². The molecular weight excluding hydrogens is 260 g/mol. The topological polar surface area (TPSA) is 102 Å². The molecule has 1 aromatic heterocycles. The van der Waals surface area contributed by atoms with E-state index < -0.39 is 5.91 Å². The van der Waals surface area contributed by atoms with Crippen LogP contribution in [0.1, 0.15) is 11.6 Å². The second-order valence-electron chi connectivity index (χ2n) is 4.62. The molecule has 0 radical (unpaired) electrons. The molecule has 0 fully saturated rings. The van der Waals surface area contributed by atoms with E-state index in [1.165, 1.54) is 4.68 Å². The van der Waals surface area contributed by atoms with Gasteiger partial charge in [-0.2, -0.15) is 5.10 Å². The SMILES string of the molecule is NC(=O)Cn1cc(NC2COc3cc(O)ccc32)cn1. The summed E-state index contributed by atoms with van der Waals surface area (Å²) in [4.78, 5) is 10.8. The zero-order valence-corrected chi connectivity index (χ0v) is 10.6. The molecule has 0 saturated carbocycles. The highest BCUT2D eigenvalue weighted by Gasteiger charge is 2.24. The lowest BCUT2D eigenvalue weighted by Crippen LogP contribution is -2.18. The first kappa shape index (κ1) is 12.3. The maximum atomic E-state index is 10.8. The van der Waals surface area contributed by atoms with Gasteiger partial charge in [-0.3, -0.25) is 9.48 Å². The van der Waals surface area contributed by atoms with Crippen LogP contribution in [0.5, 0.6) is 11.5 Å². The highest BCUT2D eigenvalue weighted by atomic mass is 16.5. The van der Waals surface area contributed by atoms with Gasteiger partial charge in [0, 0.05) is 17.8 Å². The van der Waals surface area contributed by atoms with Gasteiger partial charge in [-0.25, -0.2) is 0 Å². The highest BCUT2D eigenvalue weighted by molar-refractivity contribution is 5.73. The van der Waals surface area contributed by atoms with Crippen molar-refractivity contribution in [3.63, 3.8) is 0 Å². The first-order valence-electron chi connectivity index (χ1n) is 6.15. The summed E-state index contributed by atoms with van der Waals surface area (Å²) in [6.45, 7) is 0.521. The summed E-state index contributed by atoms with van der Waals surface area (Å²) >= 11 is 0. The summed E-state index contributed by atoms with van der Waals surface area (Å²) in [7, 11) is 0. The second-order valence-corrected chi connectivity index (χ2v) is 4.62. The van der Waals surface area contributed by atoms with Crippen LogP contribution >= 0.6 is 0 Å². The largest absolute Gasteiger partial charge is 0.508 e. The molecule has 1 atom stereocenters. The zero-order valence-electron chi connectivity index (χ0n) is 10.6. The number of nitrogens with one attached hydrogen (secondary N) is 1. The summed E-state index contributed by atoms with van der Waals surface area (Å²) < 4.78 is 6.98. The van der Waals surface area contributed by atoms with Crippen molar-refractivity contribution in [2.75, 3.05) is 11.9 Å². The molecule has 20 heavy (non-hydrogen) atoms. The zero-order chi connectivity index (χ0) is 14.1. The molecule has 7 heteroatoms. The molecule has 1 aliphatic rings. The van der Waals surface area contributed by atoms with E-state index >= 15 is 0 Å². The Kier molecular flexibility index (Phi) is 2.94. The quantitative estimate of drug-likeness (QED) is 0.758. The number of amides is 1. The van der Waals surface area contributed by atoms with Crippen LogP contribution in [-0.2, 0) is 11.3 Å². The van der Waals surface area contributed by atoms with E-state index in [9.17, 15) is 9.90 Å². The minimum Gasteiger partial charge on any atom is -0.508 e. The lowest BCUT2D eigenvalue weighted by molar-refractivity contribution is -0.118. The van der Waals surface area contributed by atoms with Crippen LogP contribution in [0.4, 0.5) is 5.69 Å². The van der Waals surface area contributed by atoms with Gasteiger partial charge >= 0.3 is 0 Å². The Labute approximate surface area is 115 Å². The van der Waals surface area contributed by atoms with Crippen LogP contribution in [0.3, 0.4) is 0 Å². The molecule has 0 saturated heterocycles. The Morgan fingerprint density at radius 2 is 2.45 bits per heavy atom. The monoisotopic (exact) mass is 274 g/mol. The number of carbonyl (C=O) groups is 1. The molecule has 1 amide bonds. The molecule has 104 valence electrons. The maximum absolute atomic E-state index is 10.8. The van der Waals surface area contributed by atoms with E-state index in [0.29, 0.717) is 12.4 Å². The fourth-order valence-corrected chi connectivity index (χ4v) is 2.20. The second kappa shape index (κ2) is 4.76. The lowest BCUT2D eigenvalue weighted by Gasteiger charge is -2.10. The van der Waals surface area contributed by atoms with Crippen molar-refractivity contribution >= 4 is 11.6 Å². The Morgan fingerprint density at radius 3 is 3.25 bits per heavy atom. The average Bonchev–Trinajstić information content (AvgIpc) is 2.97. The molecule has 4 N–H and O–H groups in total. The van der Waals surface area contributed by atoms with Gasteiger partial charge in [0.05, 0.1) is 17.9 Å². The van der Waals surface area contributed by atoms with E-state index in [1.807, 2.05) is 6.07 Å². The summed E-state index contributed by atoms with van der Waals surface area (Å²) in [5.41, 5.74) is 6.87. The summed E-state index contributed by atoms with van der Waals surface area (Å²) in [6.07, 6.45) is 3.34. The fourth-order valence-electron chi connectivity index (χ4n) is 2.20. The number of hydrogen-bond donors (Lipinski definition) is 3. The Balaban J connectivity index is 1.74. The van der Waals surface area contributed by atoms with Crippen molar-refractivity contribution < 1.29 is 14.6 Å². The Morgan fingerprint density at radius 1 is 1.60 bits per heavy atom. The number of aromatic hydroxyl groups is 1. The Bertz CT molecular complexity index is 653. The number of nitrogens with two attached hydrogens (primary N) is 1. The number of carbonyl (C=O) groups excluding carboxylic acids is 1. The maximum Gasteiger partial charge on any atom is 0.239 e. The molecule has 0 spiro atoms. The van der Waals surface area contributed by atoms with Gasteiger partial charge in [-0.15, -0.1) is 0 Å². The van der Waals surface area contributed by atoms with Crippen molar-refractivity contribution in [2.24, 2.45) is 5.73 Å². The number of ether oxygens (including phenoxy) is 1.